The molecule has 0 saturated carbocycles. The van der Waals surface area contributed by atoms with E-state index in [1.165, 1.54) is 13.0 Å². The Kier molecular flexibility index (Phi) is 5.92. The molecule has 3 atom stereocenters. The van der Waals surface area contributed by atoms with Crippen LogP contribution in [0.2, 0.25) is 0 Å². The number of hydrogen-bond acceptors (Lipinski definition) is 3. The zero-order chi connectivity index (χ0) is 15.2. The Morgan fingerprint density at radius 3 is 2.57 bits per heavy atom. The molecule has 3 nitrogen and oxygen atoms in total. The van der Waals surface area contributed by atoms with Crippen LogP contribution in [0.1, 0.15) is 40.0 Å². The van der Waals surface area contributed by atoms with Crippen LogP contribution in [0.4, 0.5) is 0 Å². The lowest BCUT2D eigenvalue weighted by atomic mass is 10.0. The molecule has 0 spiro atoms. The van der Waals surface area contributed by atoms with E-state index in [9.17, 15) is 0 Å². The maximum Gasteiger partial charge on any atom is 0.120 e. The van der Waals surface area contributed by atoms with Gasteiger partial charge in [-0.2, -0.15) is 0 Å². The molecule has 1 saturated heterocycles. The van der Waals surface area contributed by atoms with Crippen LogP contribution < -0.4 is 9.47 Å². The molecule has 1 aromatic carbocycles. The first-order valence-corrected chi connectivity index (χ1v) is 8.20. The quantitative estimate of drug-likeness (QED) is 0.819. The molecule has 1 aliphatic rings. The standard InChI is InChI=1S/C18H29NO2/c1-5-15(3)20-16-8-10-17(11-9-16)21-18-7-6-12-19(4)13-14(18)2/h8-11,14-15,18H,5-7,12-13H2,1-4H3. The Labute approximate surface area is 129 Å². The lowest BCUT2D eigenvalue weighted by molar-refractivity contribution is 0.131. The summed E-state index contributed by atoms with van der Waals surface area (Å²) in [5.41, 5.74) is 0. The van der Waals surface area contributed by atoms with Gasteiger partial charge in [0.15, 0.2) is 0 Å². The molecule has 0 aromatic heterocycles. The molecular weight excluding hydrogens is 262 g/mol. The van der Waals surface area contributed by atoms with Gasteiger partial charge in [-0.05, 0) is 64.0 Å². The van der Waals surface area contributed by atoms with E-state index in [2.05, 4.69) is 32.7 Å². The third-order valence-electron chi connectivity index (χ3n) is 4.29. The van der Waals surface area contributed by atoms with E-state index in [1.807, 2.05) is 24.3 Å². The third kappa shape index (κ3) is 4.92. The Morgan fingerprint density at radius 1 is 1.24 bits per heavy atom. The van der Waals surface area contributed by atoms with E-state index in [-0.39, 0.29) is 6.10 Å². The minimum atomic E-state index is 0.259. The predicted molar refractivity (Wildman–Crippen MR) is 87.1 cm³/mol. The van der Waals surface area contributed by atoms with Crippen molar-refractivity contribution in [2.24, 2.45) is 5.92 Å². The molecule has 0 bridgehead atoms. The summed E-state index contributed by atoms with van der Waals surface area (Å²) >= 11 is 0. The van der Waals surface area contributed by atoms with Gasteiger partial charge in [-0.3, -0.25) is 0 Å². The van der Waals surface area contributed by atoms with Gasteiger partial charge in [-0.15, -0.1) is 0 Å². The molecule has 1 aromatic rings. The van der Waals surface area contributed by atoms with Crippen molar-refractivity contribution in [2.45, 2.75) is 52.2 Å². The second-order valence-electron chi connectivity index (χ2n) is 6.35. The fourth-order valence-corrected chi connectivity index (χ4v) is 2.81. The Morgan fingerprint density at radius 2 is 1.90 bits per heavy atom. The lowest BCUT2D eigenvalue weighted by Crippen LogP contribution is -2.30. The zero-order valence-electron chi connectivity index (χ0n) is 13.8. The van der Waals surface area contributed by atoms with Crippen molar-refractivity contribution in [1.82, 2.24) is 4.90 Å². The molecule has 0 radical (unpaired) electrons. The van der Waals surface area contributed by atoms with E-state index in [0.717, 1.165) is 30.9 Å². The molecule has 3 heteroatoms. The first-order chi connectivity index (χ1) is 10.1. The van der Waals surface area contributed by atoms with Crippen LogP contribution >= 0.6 is 0 Å². The third-order valence-corrected chi connectivity index (χ3v) is 4.29. The van der Waals surface area contributed by atoms with Crippen molar-refractivity contribution >= 4 is 0 Å². The highest BCUT2D eigenvalue weighted by molar-refractivity contribution is 5.31. The molecule has 118 valence electrons. The molecule has 0 aliphatic carbocycles. The molecule has 1 aliphatic heterocycles. The van der Waals surface area contributed by atoms with E-state index < -0.39 is 0 Å². The molecule has 0 N–H and O–H groups in total. The first-order valence-electron chi connectivity index (χ1n) is 8.20. The summed E-state index contributed by atoms with van der Waals surface area (Å²) in [6.07, 6.45) is 3.94. The summed E-state index contributed by atoms with van der Waals surface area (Å²) in [6.45, 7) is 8.79. The summed E-state index contributed by atoms with van der Waals surface area (Å²) in [7, 11) is 2.19. The van der Waals surface area contributed by atoms with Crippen molar-refractivity contribution in [3.63, 3.8) is 0 Å². The largest absolute Gasteiger partial charge is 0.491 e. The van der Waals surface area contributed by atoms with Gasteiger partial charge in [0.2, 0.25) is 0 Å². The molecule has 1 heterocycles. The second-order valence-corrected chi connectivity index (χ2v) is 6.35. The van der Waals surface area contributed by atoms with Gasteiger partial charge in [0.1, 0.15) is 17.6 Å². The first kappa shape index (κ1) is 16.2. The average Bonchev–Trinajstić information content (AvgIpc) is 2.62. The van der Waals surface area contributed by atoms with Crippen LogP contribution in [0.5, 0.6) is 11.5 Å². The topological polar surface area (TPSA) is 21.7 Å². The molecule has 21 heavy (non-hydrogen) atoms. The number of likely N-dealkylation sites (tertiary alicyclic amines) is 1. The maximum atomic E-state index is 6.20. The summed E-state index contributed by atoms with van der Waals surface area (Å²) < 4.78 is 12.0. The zero-order valence-corrected chi connectivity index (χ0v) is 13.8. The van der Waals surface area contributed by atoms with E-state index >= 15 is 0 Å². The fourth-order valence-electron chi connectivity index (χ4n) is 2.81. The predicted octanol–water partition coefficient (Wildman–Crippen LogP) is 3.97. The Bertz CT molecular complexity index is 418. The van der Waals surface area contributed by atoms with Gasteiger partial charge in [0.05, 0.1) is 6.10 Å². The van der Waals surface area contributed by atoms with Crippen molar-refractivity contribution in [3.05, 3.63) is 24.3 Å². The molecule has 2 rings (SSSR count). The van der Waals surface area contributed by atoms with E-state index in [1.54, 1.807) is 0 Å². The minimum absolute atomic E-state index is 0.259. The normalized spacial score (nSPS) is 25.1. The summed E-state index contributed by atoms with van der Waals surface area (Å²) in [6, 6.07) is 8.07. The van der Waals surface area contributed by atoms with Crippen LogP contribution in [0, 0.1) is 5.92 Å². The van der Waals surface area contributed by atoms with Crippen LogP contribution in [0.3, 0.4) is 0 Å². The highest BCUT2D eigenvalue weighted by atomic mass is 16.5. The number of nitrogens with zero attached hydrogens (tertiary/aromatic N) is 1. The van der Waals surface area contributed by atoms with Crippen LogP contribution in [0.25, 0.3) is 0 Å². The minimum Gasteiger partial charge on any atom is -0.491 e. The van der Waals surface area contributed by atoms with Gasteiger partial charge in [-0.25, -0.2) is 0 Å². The lowest BCUT2D eigenvalue weighted by Gasteiger charge is -2.24. The average molecular weight is 291 g/mol. The SMILES string of the molecule is CCC(C)Oc1ccc(OC2CCCN(C)CC2C)cc1. The Balaban J connectivity index is 1.93. The van der Waals surface area contributed by atoms with Crippen LogP contribution in [-0.2, 0) is 0 Å². The monoisotopic (exact) mass is 291 g/mol. The molecule has 0 amide bonds. The van der Waals surface area contributed by atoms with Crippen molar-refractivity contribution in [1.29, 1.82) is 0 Å². The summed E-state index contributed by atoms with van der Waals surface area (Å²) in [4.78, 5) is 2.40. The van der Waals surface area contributed by atoms with Crippen molar-refractivity contribution in [3.8, 4) is 11.5 Å². The number of rotatable bonds is 5. The van der Waals surface area contributed by atoms with Crippen LogP contribution in [-0.4, -0.2) is 37.2 Å². The van der Waals surface area contributed by atoms with Gasteiger partial charge < -0.3 is 14.4 Å². The highest BCUT2D eigenvalue weighted by Crippen LogP contribution is 2.25. The maximum absolute atomic E-state index is 6.20. The van der Waals surface area contributed by atoms with E-state index in [4.69, 9.17) is 9.47 Å². The van der Waals surface area contributed by atoms with Gasteiger partial charge in [0, 0.05) is 12.5 Å². The number of ether oxygens (including phenoxy) is 2. The highest BCUT2D eigenvalue weighted by Gasteiger charge is 2.23. The van der Waals surface area contributed by atoms with Crippen molar-refractivity contribution < 1.29 is 9.47 Å². The molecule has 3 unspecified atom stereocenters. The number of benzene rings is 1. The second kappa shape index (κ2) is 7.69. The summed E-state index contributed by atoms with van der Waals surface area (Å²) in [5.74, 6) is 2.44. The summed E-state index contributed by atoms with van der Waals surface area (Å²) in [5, 5.41) is 0. The van der Waals surface area contributed by atoms with Gasteiger partial charge >= 0.3 is 0 Å². The van der Waals surface area contributed by atoms with Gasteiger partial charge in [-0.1, -0.05) is 13.8 Å². The molecule has 1 fully saturated rings. The molecular formula is C18H29NO2. The number of hydrogen-bond donors (Lipinski definition) is 0. The Hall–Kier alpha value is -1.22. The van der Waals surface area contributed by atoms with E-state index in [0.29, 0.717) is 12.0 Å². The van der Waals surface area contributed by atoms with Crippen molar-refractivity contribution in [2.75, 3.05) is 20.1 Å². The smallest absolute Gasteiger partial charge is 0.120 e. The van der Waals surface area contributed by atoms with Gasteiger partial charge in [0.25, 0.3) is 0 Å². The van der Waals surface area contributed by atoms with Crippen LogP contribution in [0.15, 0.2) is 24.3 Å². The fraction of sp³-hybridized carbons (Fsp3) is 0.667.